The second-order valence-corrected chi connectivity index (χ2v) is 13.8. The van der Waals surface area contributed by atoms with Crippen LogP contribution in [0.25, 0.3) is 0 Å². The van der Waals surface area contributed by atoms with Crippen LogP contribution in [0.3, 0.4) is 0 Å². The average molecular weight is 646 g/mol. The van der Waals surface area contributed by atoms with Gasteiger partial charge in [-0.1, -0.05) is 115 Å². The number of epoxide rings is 2. The van der Waals surface area contributed by atoms with E-state index in [1.54, 1.807) is 0 Å². The summed E-state index contributed by atoms with van der Waals surface area (Å²) in [4.78, 5) is 26.3. The summed E-state index contributed by atoms with van der Waals surface area (Å²) in [6.45, 7) is 5.41. The van der Waals surface area contributed by atoms with E-state index in [1.165, 1.54) is 89.9 Å². The van der Waals surface area contributed by atoms with Crippen LogP contribution in [-0.2, 0) is 19.1 Å². The Balaban J connectivity index is 1.28. The van der Waals surface area contributed by atoms with E-state index in [4.69, 9.17) is 9.47 Å². The number of rotatable bonds is 32. The molecule has 266 valence electrons. The minimum atomic E-state index is 0.0928. The Morgan fingerprint density at radius 1 is 0.543 bits per heavy atom. The highest BCUT2D eigenvalue weighted by atomic mass is 16.6. The number of allylic oxidation sites excluding steroid dienone is 2. The number of nitrogens with zero attached hydrogens (tertiary/aromatic N) is 1. The summed E-state index contributed by atoms with van der Waals surface area (Å²) >= 11 is 0. The van der Waals surface area contributed by atoms with E-state index >= 15 is 0 Å². The smallest absolute Gasteiger partial charge is 0.220 e. The number of unbranched alkanes of at least 4 members (excludes halogenated alkanes) is 14. The molecule has 0 bridgehead atoms. The summed E-state index contributed by atoms with van der Waals surface area (Å²) in [5.74, 6) is 0.186. The van der Waals surface area contributed by atoms with Crippen LogP contribution in [0.15, 0.2) is 24.3 Å². The number of carbonyl (C=O) groups excluding carboxylic acids is 2. The molecule has 0 aromatic heterocycles. The maximum atomic E-state index is 12.2. The molecule has 0 radical (unpaired) electrons. The molecule has 7 heteroatoms. The fraction of sp³-hybridized carbons (Fsp3) is 0.846. The number of amides is 2. The molecule has 2 heterocycles. The molecule has 2 N–H and O–H groups in total. The summed E-state index contributed by atoms with van der Waals surface area (Å²) in [6, 6.07) is 0. The van der Waals surface area contributed by atoms with Crippen molar-refractivity contribution in [2.75, 3.05) is 20.4 Å². The first-order valence-corrected chi connectivity index (χ1v) is 19.4. The molecule has 0 aliphatic carbocycles. The Morgan fingerprint density at radius 3 is 1.39 bits per heavy atom. The highest BCUT2D eigenvalue weighted by molar-refractivity contribution is 5.76. The van der Waals surface area contributed by atoms with Gasteiger partial charge in [-0.25, -0.2) is 0 Å². The van der Waals surface area contributed by atoms with Crippen molar-refractivity contribution in [2.24, 2.45) is 0 Å². The first-order valence-electron chi connectivity index (χ1n) is 19.4. The zero-order valence-corrected chi connectivity index (χ0v) is 30.1. The Kier molecular flexibility index (Phi) is 24.0. The van der Waals surface area contributed by atoms with Gasteiger partial charge in [-0.3, -0.25) is 14.5 Å². The van der Waals surface area contributed by atoms with Gasteiger partial charge in [0.05, 0.1) is 37.8 Å². The molecular weight excluding hydrogens is 574 g/mol. The molecule has 2 amide bonds. The average Bonchev–Trinajstić information content (AvgIpc) is 3.98. The van der Waals surface area contributed by atoms with Gasteiger partial charge in [-0.2, -0.15) is 0 Å². The van der Waals surface area contributed by atoms with Gasteiger partial charge in [0.15, 0.2) is 0 Å². The van der Waals surface area contributed by atoms with Crippen molar-refractivity contribution in [3.8, 4) is 0 Å². The van der Waals surface area contributed by atoms with Gasteiger partial charge in [0.1, 0.15) is 0 Å². The summed E-state index contributed by atoms with van der Waals surface area (Å²) < 4.78 is 11.5. The van der Waals surface area contributed by atoms with Crippen LogP contribution < -0.4 is 10.6 Å². The van der Waals surface area contributed by atoms with Gasteiger partial charge in [0.2, 0.25) is 11.8 Å². The molecule has 2 aliphatic rings. The molecule has 46 heavy (non-hydrogen) atoms. The SMILES string of the molecule is CCCCCC1OC1CC=CCCCCCCCC(=O)NCN(C)CNC(=O)CCCCCCCC=CCC1OC1CCCCC. The summed E-state index contributed by atoms with van der Waals surface area (Å²) in [5, 5.41) is 5.94. The van der Waals surface area contributed by atoms with Crippen LogP contribution in [-0.4, -0.2) is 61.5 Å². The lowest BCUT2D eigenvalue weighted by atomic mass is 10.1. The van der Waals surface area contributed by atoms with Gasteiger partial charge < -0.3 is 20.1 Å². The topological polar surface area (TPSA) is 86.5 Å². The summed E-state index contributed by atoms with van der Waals surface area (Å²) in [6.07, 6.45) is 38.4. The molecule has 0 spiro atoms. The monoisotopic (exact) mass is 646 g/mol. The van der Waals surface area contributed by atoms with E-state index in [1.807, 2.05) is 11.9 Å². The first-order chi connectivity index (χ1) is 22.5. The Morgan fingerprint density at radius 2 is 0.957 bits per heavy atom. The second-order valence-electron chi connectivity index (χ2n) is 13.8. The van der Waals surface area contributed by atoms with E-state index in [-0.39, 0.29) is 11.8 Å². The molecule has 2 rings (SSSR count). The van der Waals surface area contributed by atoms with E-state index in [2.05, 4.69) is 48.8 Å². The second kappa shape index (κ2) is 27.3. The Hall–Kier alpha value is -1.70. The van der Waals surface area contributed by atoms with Crippen LogP contribution >= 0.6 is 0 Å². The van der Waals surface area contributed by atoms with Gasteiger partial charge in [-0.05, 0) is 71.3 Å². The minimum Gasteiger partial charge on any atom is -0.369 e. The van der Waals surface area contributed by atoms with E-state index in [9.17, 15) is 9.59 Å². The van der Waals surface area contributed by atoms with Gasteiger partial charge >= 0.3 is 0 Å². The van der Waals surface area contributed by atoms with E-state index in [0.717, 1.165) is 51.4 Å². The Labute approximate surface area is 283 Å². The van der Waals surface area contributed by atoms with Crippen LogP contribution in [0.2, 0.25) is 0 Å². The third-order valence-electron chi connectivity index (χ3n) is 9.27. The normalized spacial score (nSPS) is 20.6. The van der Waals surface area contributed by atoms with Crippen LogP contribution in [0, 0.1) is 0 Å². The Bertz CT molecular complexity index is 766. The summed E-state index contributed by atoms with van der Waals surface area (Å²) in [5.41, 5.74) is 0. The zero-order chi connectivity index (χ0) is 33.1. The molecule has 0 aromatic rings. The van der Waals surface area contributed by atoms with Crippen molar-refractivity contribution in [1.82, 2.24) is 15.5 Å². The molecule has 2 saturated heterocycles. The van der Waals surface area contributed by atoms with Crippen LogP contribution in [0.5, 0.6) is 0 Å². The third-order valence-corrected chi connectivity index (χ3v) is 9.27. The van der Waals surface area contributed by atoms with Crippen molar-refractivity contribution in [1.29, 1.82) is 0 Å². The highest BCUT2D eigenvalue weighted by Crippen LogP contribution is 2.31. The van der Waals surface area contributed by atoms with Crippen molar-refractivity contribution < 1.29 is 19.1 Å². The van der Waals surface area contributed by atoms with Crippen molar-refractivity contribution in [3.05, 3.63) is 24.3 Å². The number of nitrogens with one attached hydrogen (secondary N) is 2. The number of hydrogen-bond donors (Lipinski definition) is 2. The van der Waals surface area contributed by atoms with E-state index < -0.39 is 0 Å². The van der Waals surface area contributed by atoms with Crippen LogP contribution in [0.1, 0.15) is 168 Å². The lowest BCUT2D eigenvalue weighted by Gasteiger charge is -2.18. The molecular formula is C39H71N3O4. The van der Waals surface area contributed by atoms with Gasteiger partial charge in [-0.15, -0.1) is 0 Å². The minimum absolute atomic E-state index is 0.0928. The van der Waals surface area contributed by atoms with Crippen LogP contribution in [0.4, 0.5) is 0 Å². The van der Waals surface area contributed by atoms with E-state index in [0.29, 0.717) is 50.6 Å². The molecule has 4 unspecified atom stereocenters. The van der Waals surface area contributed by atoms with Crippen molar-refractivity contribution >= 4 is 11.8 Å². The maximum Gasteiger partial charge on any atom is 0.220 e. The standard InChI is InChI=1S/C39H71N3O4/c1-4-6-20-26-34-36(45-34)28-22-16-12-8-10-14-18-24-30-38(43)40-32-42(3)33-41-39(44)31-25-19-15-11-9-13-17-23-29-37-35(46-37)27-21-7-5-2/h16-17,22-23,34-37H,4-15,18-21,24-33H2,1-3H3,(H,40,43)(H,41,44). The number of hydrogen-bond acceptors (Lipinski definition) is 5. The first kappa shape index (κ1) is 40.5. The third kappa shape index (κ3) is 22.8. The fourth-order valence-electron chi connectivity index (χ4n) is 6.00. The largest absolute Gasteiger partial charge is 0.369 e. The molecule has 2 fully saturated rings. The predicted molar refractivity (Wildman–Crippen MR) is 192 cm³/mol. The van der Waals surface area contributed by atoms with Gasteiger partial charge in [0, 0.05) is 12.8 Å². The lowest BCUT2D eigenvalue weighted by Crippen LogP contribution is -2.41. The summed E-state index contributed by atoms with van der Waals surface area (Å²) in [7, 11) is 1.91. The molecule has 0 saturated carbocycles. The highest BCUT2D eigenvalue weighted by Gasteiger charge is 2.37. The molecule has 4 atom stereocenters. The van der Waals surface area contributed by atoms with Crippen molar-refractivity contribution in [3.63, 3.8) is 0 Å². The maximum absolute atomic E-state index is 12.2. The quantitative estimate of drug-likeness (QED) is 0.0330. The number of ether oxygens (including phenoxy) is 2. The van der Waals surface area contributed by atoms with Crippen molar-refractivity contribution in [2.45, 2.75) is 192 Å². The molecule has 0 aromatic carbocycles. The predicted octanol–water partition coefficient (Wildman–Crippen LogP) is 9.12. The molecule has 7 nitrogen and oxygen atoms in total. The number of carbonyl (C=O) groups is 2. The van der Waals surface area contributed by atoms with Gasteiger partial charge in [0.25, 0.3) is 0 Å². The zero-order valence-electron chi connectivity index (χ0n) is 30.1. The molecule has 2 aliphatic heterocycles. The lowest BCUT2D eigenvalue weighted by molar-refractivity contribution is -0.122. The fourth-order valence-corrected chi connectivity index (χ4v) is 6.00.